The summed E-state index contributed by atoms with van der Waals surface area (Å²) >= 11 is 1.29. The number of nitrogens with one attached hydrogen (secondary N) is 1. The summed E-state index contributed by atoms with van der Waals surface area (Å²) < 4.78 is 0. The van der Waals surface area contributed by atoms with Crippen LogP contribution in [0.3, 0.4) is 0 Å². The van der Waals surface area contributed by atoms with Crippen LogP contribution in [0.1, 0.15) is 21.7 Å². The summed E-state index contributed by atoms with van der Waals surface area (Å²) in [4.78, 5) is 30.7. The number of nitrogen functional groups attached to an aromatic ring is 1. The van der Waals surface area contributed by atoms with E-state index in [-0.39, 0.29) is 18.2 Å². The molecule has 2 aromatic rings. The van der Waals surface area contributed by atoms with Crippen molar-refractivity contribution in [3.63, 3.8) is 0 Å². The van der Waals surface area contributed by atoms with E-state index in [2.05, 4.69) is 10.3 Å². The van der Waals surface area contributed by atoms with Gasteiger partial charge in [-0.05, 0) is 18.6 Å². The van der Waals surface area contributed by atoms with E-state index in [0.29, 0.717) is 17.1 Å². The lowest BCUT2D eigenvalue weighted by Crippen LogP contribution is -2.31. The van der Waals surface area contributed by atoms with Crippen molar-refractivity contribution in [1.29, 1.82) is 0 Å². The summed E-state index contributed by atoms with van der Waals surface area (Å²) in [6, 6.07) is 1.87. The second-order valence-corrected chi connectivity index (χ2v) is 5.80. The van der Waals surface area contributed by atoms with E-state index in [9.17, 15) is 9.59 Å². The monoisotopic (exact) mass is 306 g/mol. The van der Waals surface area contributed by atoms with Crippen molar-refractivity contribution in [1.82, 2.24) is 15.2 Å². The largest absolute Gasteiger partial charge is 0.397 e. The highest BCUT2D eigenvalue weighted by molar-refractivity contribution is 7.21. The van der Waals surface area contributed by atoms with E-state index < -0.39 is 0 Å². The van der Waals surface area contributed by atoms with Crippen LogP contribution >= 0.6 is 11.3 Å². The summed E-state index contributed by atoms with van der Waals surface area (Å²) in [5.74, 6) is -0.282. The van der Waals surface area contributed by atoms with Crippen molar-refractivity contribution in [3.05, 3.63) is 22.7 Å². The second kappa shape index (κ2) is 6.09. The lowest BCUT2D eigenvalue weighted by molar-refractivity contribution is -0.120. The lowest BCUT2D eigenvalue weighted by atomic mass is 10.1. The highest BCUT2D eigenvalue weighted by atomic mass is 32.1. The number of pyridine rings is 1. The Hall–Kier alpha value is -2.15. The Morgan fingerprint density at radius 2 is 2.19 bits per heavy atom. The van der Waals surface area contributed by atoms with Crippen molar-refractivity contribution in [2.24, 2.45) is 0 Å². The molecule has 0 aromatic carbocycles. The summed E-state index contributed by atoms with van der Waals surface area (Å²) in [6.07, 6.45) is 1.97. The average Bonchev–Trinajstić information content (AvgIpc) is 2.82. The topological polar surface area (TPSA) is 88.3 Å². The summed E-state index contributed by atoms with van der Waals surface area (Å²) in [7, 11) is 3.23. The van der Waals surface area contributed by atoms with Crippen LogP contribution < -0.4 is 11.1 Å². The number of hydrogen-bond acceptors (Lipinski definition) is 5. The van der Waals surface area contributed by atoms with E-state index in [1.165, 1.54) is 16.2 Å². The Morgan fingerprint density at radius 3 is 2.81 bits per heavy atom. The van der Waals surface area contributed by atoms with Gasteiger partial charge in [-0.1, -0.05) is 0 Å². The minimum absolute atomic E-state index is 0.100. The van der Waals surface area contributed by atoms with Crippen LogP contribution in [0.5, 0.6) is 0 Å². The maximum atomic E-state index is 12.4. The highest BCUT2D eigenvalue weighted by Crippen LogP contribution is 2.34. The van der Waals surface area contributed by atoms with Gasteiger partial charge in [-0.3, -0.25) is 9.59 Å². The van der Waals surface area contributed by atoms with Crippen molar-refractivity contribution in [3.8, 4) is 0 Å². The van der Waals surface area contributed by atoms with Gasteiger partial charge in [0.1, 0.15) is 9.71 Å². The normalized spacial score (nSPS) is 10.6. The van der Waals surface area contributed by atoms with Crippen LogP contribution in [0.25, 0.3) is 10.2 Å². The van der Waals surface area contributed by atoms with Crippen LogP contribution in [0.2, 0.25) is 0 Å². The minimum atomic E-state index is -0.182. The maximum absolute atomic E-state index is 12.4. The standard InChI is InChI=1S/C14H18N4O2S/c1-8-4-6-17-13-10(8)11(15)12(21-13)14(20)18(3)7-5-9(19)16-2/h4,6H,5,7,15H2,1-3H3,(H,16,19). The Balaban J connectivity index is 2.25. The number of amides is 2. The first-order chi connectivity index (χ1) is 9.95. The number of nitrogens with two attached hydrogens (primary N) is 1. The number of fused-ring (bicyclic) bond motifs is 1. The number of hydrogen-bond donors (Lipinski definition) is 2. The van der Waals surface area contributed by atoms with Gasteiger partial charge in [-0.25, -0.2) is 4.98 Å². The quantitative estimate of drug-likeness (QED) is 0.893. The molecule has 0 atom stereocenters. The Morgan fingerprint density at radius 1 is 1.48 bits per heavy atom. The van der Waals surface area contributed by atoms with E-state index in [1.54, 1.807) is 20.3 Å². The number of thiophene rings is 1. The van der Waals surface area contributed by atoms with Gasteiger partial charge in [-0.15, -0.1) is 11.3 Å². The third-order valence-electron chi connectivity index (χ3n) is 3.33. The number of rotatable bonds is 4. The molecule has 2 amide bonds. The van der Waals surface area contributed by atoms with Crippen molar-refractivity contribution < 1.29 is 9.59 Å². The smallest absolute Gasteiger partial charge is 0.265 e. The van der Waals surface area contributed by atoms with Crippen molar-refractivity contribution in [2.45, 2.75) is 13.3 Å². The molecule has 0 aliphatic rings. The van der Waals surface area contributed by atoms with Gasteiger partial charge in [0, 0.05) is 38.6 Å². The Labute approximate surface area is 127 Å². The molecule has 0 saturated carbocycles. The van der Waals surface area contributed by atoms with E-state index >= 15 is 0 Å². The van der Waals surface area contributed by atoms with Gasteiger partial charge in [-0.2, -0.15) is 0 Å². The average molecular weight is 306 g/mol. The first-order valence-electron chi connectivity index (χ1n) is 6.55. The fraction of sp³-hybridized carbons (Fsp3) is 0.357. The molecular weight excluding hydrogens is 288 g/mol. The summed E-state index contributed by atoms with van der Waals surface area (Å²) in [6.45, 7) is 2.29. The van der Waals surface area contributed by atoms with Crippen LogP contribution in [-0.4, -0.2) is 42.3 Å². The molecule has 0 spiro atoms. The van der Waals surface area contributed by atoms with Crippen LogP contribution in [-0.2, 0) is 4.79 Å². The molecule has 112 valence electrons. The minimum Gasteiger partial charge on any atom is -0.397 e. The molecule has 0 saturated heterocycles. The van der Waals surface area contributed by atoms with Gasteiger partial charge >= 0.3 is 0 Å². The fourth-order valence-corrected chi connectivity index (χ4v) is 3.17. The molecule has 0 fully saturated rings. The highest BCUT2D eigenvalue weighted by Gasteiger charge is 2.21. The molecule has 2 rings (SSSR count). The molecule has 21 heavy (non-hydrogen) atoms. The summed E-state index contributed by atoms with van der Waals surface area (Å²) in [5.41, 5.74) is 7.57. The molecule has 6 nitrogen and oxygen atoms in total. The SMILES string of the molecule is CNC(=O)CCN(C)C(=O)c1sc2nccc(C)c2c1N. The molecule has 0 unspecified atom stereocenters. The van der Waals surface area contributed by atoms with Crippen molar-refractivity contribution in [2.75, 3.05) is 26.4 Å². The molecule has 0 aliphatic heterocycles. The molecule has 0 radical (unpaired) electrons. The Bertz CT molecular complexity index is 696. The van der Waals surface area contributed by atoms with Crippen LogP contribution in [0.15, 0.2) is 12.3 Å². The third-order valence-corrected chi connectivity index (χ3v) is 4.43. The Kier molecular flexibility index (Phi) is 4.42. The van der Waals surface area contributed by atoms with Crippen LogP contribution in [0.4, 0.5) is 5.69 Å². The zero-order valence-electron chi connectivity index (χ0n) is 12.3. The van der Waals surface area contributed by atoms with E-state index in [1.807, 2.05) is 13.0 Å². The third kappa shape index (κ3) is 2.97. The number of aromatic nitrogens is 1. The first kappa shape index (κ1) is 15.2. The van der Waals surface area contributed by atoms with Gasteiger partial charge < -0.3 is 16.0 Å². The van der Waals surface area contributed by atoms with Crippen molar-refractivity contribution >= 4 is 39.1 Å². The van der Waals surface area contributed by atoms with Gasteiger partial charge in [0.15, 0.2) is 0 Å². The number of carbonyl (C=O) groups is 2. The van der Waals surface area contributed by atoms with Gasteiger partial charge in [0.2, 0.25) is 5.91 Å². The first-order valence-corrected chi connectivity index (χ1v) is 7.37. The molecule has 3 N–H and O–H groups in total. The molecule has 2 aromatic heterocycles. The fourth-order valence-electron chi connectivity index (χ4n) is 2.03. The van der Waals surface area contributed by atoms with Crippen LogP contribution in [0, 0.1) is 6.92 Å². The molecule has 2 heterocycles. The zero-order valence-corrected chi connectivity index (χ0v) is 13.1. The number of anilines is 1. The number of aryl methyl sites for hydroxylation is 1. The molecular formula is C14H18N4O2S. The van der Waals surface area contributed by atoms with Gasteiger partial charge in [0.05, 0.1) is 5.69 Å². The molecule has 7 heteroatoms. The predicted molar refractivity (Wildman–Crippen MR) is 84.4 cm³/mol. The lowest BCUT2D eigenvalue weighted by Gasteiger charge is -2.16. The van der Waals surface area contributed by atoms with E-state index in [0.717, 1.165) is 15.8 Å². The maximum Gasteiger partial charge on any atom is 0.265 e. The molecule has 0 aliphatic carbocycles. The molecule has 0 bridgehead atoms. The number of nitrogens with zero attached hydrogens (tertiary/aromatic N) is 2. The van der Waals surface area contributed by atoms with E-state index in [4.69, 9.17) is 5.73 Å². The predicted octanol–water partition coefficient (Wildman–Crippen LogP) is 1.40. The second-order valence-electron chi connectivity index (χ2n) is 4.80. The van der Waals surface area contributed by atoms with Gasteiger partial charge in [0.25, 0.3) is 5.91 Å². The zero-order chi connectivity index (χ0) is 15.6. The summed E-state index contributed by atoms with van der Waals surface area (Å²) in [5, 5.41) is 3.37. The number of carbonyl (C=O) groups excluding carboxylic acids is 2.